The van der Waals surface area contributed by atoms with E-state index in [0.717, 1.165) is 6.08 Å². The lowest BCUT2D eigenvalue weighted by molar-refractivity contribution is -0.385. The van der Waals surface area contributed by atoms with Crippen molar-refractivity contribution in [2.45, 2.75) is 13.0 Å². The van der Waals surface area contributed by atoms with Crippen LogP contribution in [0.4, 0.5) is 5.69 Å². The highest BCUT2D eigenvalue weighted by molar-refractivity contribution is 5.93. The van der Waals surface area contributed by atoms with Gasteiger partial charge in [0.1, 0.15) is 12.4 Å². The standard InChI is InChI=1S/C17H13N3O5/c18-7-6-12(17(21)22)9-13-10-15(4-5-16(13)20(23)24)25-11-14-3-1-2-8-19-14/h1-5,8-10H,6,11H2,(H,21,22)/b12-9+. The Hall–Kier alpha value is -3.73. The molecule has 1 N–H and O–H groups in total. The molecule has 0 amide bonds. The molecule has 0 atom stereocenters. The molecule has 126 valence electrons. The summed E-state index contributed by atoms with van der Waals surface area (Å²) in [4.78, 5) is 25.8. The van der Waals surface area contributed by atoms with Crippen LogP contribution in [0, 0.1) is 21.4 Å². The van der Waals surface area contributed by atoms with Gasteiger partial charge in [0.25, 0.3) is 5.69 Å². The van der Waals surface area contributed by atoms with Gasteiger partial charge in [-0.05, 0) is 30.3 Å². The topological polar surface area (TPSA) is 126 Å². The quantitative estimate of drug-likeness (QED) is 0.467. The van der Waals surface area contributed by atoms with Gasteiger partial charge in [0, 0.05) is 12.3 Å². The molecule has 25 heavy (non-hydrogen) atoms. The number of carboxylic acid groups (broad SMARTS) is 1. The smallest absolute Gasteiger partial charge is 0.332 e. The second kappa shape index (κ2) is 8.21. The van der Waals surface area contributed by atoms with Crippen molar-refractivity contribution in [3.05, 3.63) is 69.5 Å². The number of pyridine rings is 1. The van der Waals surface area contributed by atoms with Gasteiger partial charge < -0.3 is 9.84 Å². The predicted octanol–water partition coefficient (Wildman–Crippen LogP) is 2.95. The fourth-order valence-corrected chi connectivity index (χ4v) is 2.01. The number of aliphatic carboxylic acids is 1. The lowest BCUT2D eigenvalue weighted by Gasteiger charge is -2.07. The summed E-state index contributed by atoms with van der Waals surface area (Å²) in [6.45, 7) is 0.159. The molecule has 0 aliphatic carbocycles. The van der Waals surface area contributed by atoms with E-state index < -0.39 is 10.9 Å². The third-order valence-electron chi connectivity index (χ3n) is 3.18. The Kier molecular flexibility index (Phi) is 5.79. The molecule has 8 nitrogen and oxygen atoms in total. The van der Waals surface area contributed by atoms with Crippen LogP contribution < -0.4 is 4.74 Å². The van der Waals surface area contributed by atoms with Gasteiger partial charge in [-0.3, -0.25) is 15.1 Å². The molecule has 0 aliphatic heterocycles. The third-order valence-corrected chi connectivity index (χ3v) is 3.18. The number of ether oxygens (including phenoxy) is 1. The number of carbonyl (C=O) groups is 1. The Labute approximate surface area is 142 Å². The maximum atomic E-state index is 11.1. The highest BCUT2D eigenvalue weighted by atomic mass is 16.6. The Morgan fingerprint density at radius 2 is 2.20 bits per heavy atom. The second-order valence-electron chi connectivity index (χ2n) is 4.90. The highest BCUT2D eigenvalue weighted by Crippen LogP contribution is 2.27. The minimum atomic E-state index is -1.31. The minimum absolute atomic E-state index is 0.0520. The van der Waals surface area contributed by atoms with Crippen molar-refractivity contribution in [1.29, 1.82) is 5.26 Å². The van der Waals surface area contributed by atoms with Gasteiger partial charge in [-0.25, -0.2) is 4.79 Å². The first-order valence-corrected chi connectivity index (χ1v) is 7.13. The van der Waals surface area contributed by atoms with Crippen molar-refractivity contribution in [2.24, 2.45) is 0 Å². The fraction of sp³-hybridized carbons (Fsp3) is 0.118. The van der Waals surface area contributed by atoms with Crippen LogP contribution in [0.1, 0.15) is 17.7 Å². The molecular formula is C17H13N3O5. The number of rotatable bonds is 7. The Morgan fingerprint density at radius 3 is 2.80 bits per heavy atom. The zero-order valence-corrected chi connectivity index (χ0v) is 13.0. The van der Waals surface area contributed by atoms with Crippen LogP contribution in [0.2, 0.25) is 0 Å². The van der Waals surface area contributed by atoms with Crippen LogP contribution in [-0.2, 0) is 11.4 Å². The zero-order valence-electron chi connectivity index (χ0n) is 13.0. The fourth-order valence-electron chi connectivity index (χ4n) is 2.01. The molecule has 1 heterocycles. The number of benzene rings is 1. The van der Waals surface area contributed by atoms with Crippen molar-refractivity contribution in [3.63, 3.8) is 0 Å². The highest BCUT2D eigenvalue weighted by Gasteiger charge is 2.16. The number of hydrogen-bond acceptors (Lipinski definition) is 6. The Morgan fingerprint density at radius 1 is 1.40 bits per heavy atom. The van der Waals surface area contributed by atoms with Crippen molar-refractivity contribution in [2.75, 3.05) is 0 Å². The maximum Gasteiger partial charge on any atom is 0.332 e. The monoisotopic (exact) mass is 339 g/mol. The number of nitrogens with zero attached hydrogens (tertiary/aromatic N) is 3. The van der Waals surface area contributed by atoms with Gasteiger partial charge >= 0.3 is 5.97 Å². The molecule has 0 saturated carbocycles. The summed E-state index contributed by atoms with van der Waals surface area (Å²) in [5.74, 6) is -0.986. The lowest BCUT2D eigenvalue weighted by atomic mass is 10.1. The van der Waals surface area contributed by atoms with Gasteiger partial charge in [0.15, 0.2) is 0 Å². The second-order valence-corrected chi connectivity index (χ2v) is 4.90. The van der Waals surface area contributed by atoms with Crippen LogP contribution in [-0.4, -0.2) is 21.0 Å². The van der Waals surface area contributed by atoms with Crippen LogP contribution in [0.15, 0.2) is 48.2 Å². The molecule has 0 bridgehead atoms. The molecular weight excluding hydrogens is 326 g/mol. The average Bonchev–Trinajstić information content (AvgIpc) is 2.60. The first-order valence-electron chi connectivity index (χ1n) is 7.13. The van der Waals surface area contributed by atoms with Crippen LogP contribution in [0.25, 0.3) is 6.08 Å². The molecule has 0 spiro atoms. The molecule has 1 aromatic heterocycles. The predicted molar refractivity (Wildman–Crippen MR) is 87.5 cm³/mol. The summed E-state index contributed by atoms with van der Waals surface area (Å²) in [6.07, 6.45) is 2.35. The minimum Gasteiger partial charge on any atom is -0.487 e. The van der Waals surface area contributed by atoms with E-state index in [1.54, 1.807) is 30.5 Å². The first-order chi connectivity index (χ1) is 12.0. The maximum absolute atomic E-state index is 11.1. The largest absolute Gasteiger partial charge is 0.487 e. The van der Waals surface area contributed by atoms with E-state index in [-0.39, 0.29) is 29.9 Å². The average molecular weight is 339 g/mol. The molecule has 0 unspecified atom stereocenters. The summed E-state index contributed by atoms with van der Waals surface area (Å²) in [5.41, 5.74) is 0.208. The summed E-state index contributed by atoms with van der Waals surface area (Å²) in [5, 5.41) is 28.9. The van der Waals surface area contributed by atoms with Gasteiger partial charge in [0.2, 0.25) is 0 Å². The lowest BCUT2D eigenvalue weighted by Crippen LogP contribution is -2.01. The van der Waals surface area contributed by atoms with Crippen LogP contribution in [0.5, 0.6) is 5.75 Å². The number of nitriles is 1. The van der Waals surface area contributed by atoms with E-state index in [1.807, 2.05) is 0 Å². The van der Waals surface area contributed by atoms with Crippen molar-refractivity contribution in [3.8, 4) is 11.8 Å². The van der Waals surface area contributed by atoms with Gasteiger partial charge in [-0.2, -0.15) is 5.26 Å². The zero-order chi connectivity index (χ0) is 18.2. The summed E-state index contributed by atoms with van der Waals surface area (Å²) in [7, 11) is 0. The van der Waals surface area contributed by atoms with Gasteiger partial charge in [-0.1, -0.05) is 6.07 Å². The Bertz CT molecular complexity index is 856. The first kappa shape index (κ1) is 17.6. The van der Waals surface area contributed by atoms with Gasteiger partial charge in [0.05, 0.1) is 34.2 Å². The third kappa shape index (κ3) is 4.87. The summed E-state index contributed by atoms with van der Waals surface area (Å²) >= 11 is 0. The molecule has 1 aromatic carbocycles. The number of carboxylic acids is 1. The number of aromatic nitrogens is 1. The summed E-state index contributed by atoms with van der Waals surface area (Å²) < 4.78 is 5.54. The van der Waals surface area contributed by atoms with E-state index in [2.05, 4.69) is 4.98 Å². The van der Waals surface area contributed by atoms with E-state index in [9.17, 15) is 14.9 Å². The molecule has 2 rings (SSSR count). The number of hydrogen-bond donors (Lipinski definition) is 1. The van der Waals surface area contributed by atoms with E-state index in [1.165, 1.54) is 18.2 Å². The SMILES string of the molecule is N#CC/C(=C\c1cc(OCc2ccccn2)ccc1[N+](=O)[O-])C(=O)O. The molecule has 0 saturated heterocycles. The van der Waals surface area contributed by atoms with Crippen LogP contribution >= 0.6 is 0 Å². The molecule has 8 heteroatoms. The van der Waals surface area contributed by atoms with E-state index in [4.69, 9.17) is 15.1 Å². The van der Waals surface area contributed by atoms with E-state index in [0.29, 0.717) is 11.4 Å². The molecule has 0 radical (unpaired) electrons. The van der Waals surface area contributed by atoms with Crippen molar-refractivity contribution in [1.82, 2.24) is 4.98 Å². The molecule has 2 aromatic rings. The van der Waals surface area contributed by atoms with Crippen molar-refractivity contribution >= 4 is 17.7 Å². The summed E-state index contributed by atoms with van der Waals surface area (Å²) in [6, 6.07) is 11.1. The normalized spacial score (nSPS) is 10.8. The van der Waals surface area contributed by atoms with E-state index >= 15 is 0 Å². The molecule has 0 aliphatic rings. The number of nitro benzene ring substituents is 1. The molecule has 0 fully saturated rings. The van der Waals surface area contributed by atoms with Gasteiger partial charge in [-0.15, -0.1) is 0 Å². The Balaban J connectivity index is 2.33. The van der Waals surface area contributed by atoms with Crippen LogP contribution in [0.3, 0.4) is 0 Å². The number of nitro groups is 1. The van der Waals surface area contributed by atoms with Crippen molar-refractivity contribution < 1.29 is 19.6 Å².